The molecule has 35 heavy (non-hydrogen) atoms. The van der Waals surface area contributed by atoms with Gasteiger partial charge in [0.1, 0.15) is 23.5 Å². The summed E-state index contributed by atoms with van der Waals surface area (Å²) in [7, 11) is 1.46. The zero-order valence-corrected chi connectivity index (χ0v) is 19.8. The molecule has 0 amide bonds. The predicted octanol–water partition coefficient (Wildman–Crippen LogP) is 4.42. The van der Waals surface area contributed by atoms with Crippen molar-refractivity contribution in [2.45, 2.75) is 50.9 Å². The van der Waals surface area contributed by atoms with Gasteiger partial charge in [0, 0.05) is 48.3 Å². The summed E-state index contributed by atoms with van der Waals surface area (Å²) in [6.45, 7) is 3.09. The van der Waals surface area contributed by atoms with E-state index in [1.54, 1.807) is 23.0 Å². The highest BCUT2D eigenvalue weighted by molar-refractivity contribution is 5.78. The number of nitrogens with zero attached hydrogens (tertiary/aromatic N) is 3. The fraction of sp³-hybridized carbons (Fsp3) is 0.423. The number of aliphatic hydroxyl groups excluding tert-OH is 1. The Bertz CT molecular complexity index is 1170. The maximum atomic E-state index is 14.5. The Kier molecular flexibility index (Phi) is 6.73. The van der Waals surface area contributed by atoms with Gasteiger partial charge in [0.05, 0.1) is 12.2 Å². The minimum absolute atomic E-state index is 0.0612. The highest BCUT2D eigenvalue weighted by Crippen LogP contribution is 2.45. The molecule has 0 spiro atoms. The van der Waals surface area contributed by atoms with Crippen LogP contribution in [0.25, 0.3) is 11.1 Å². The maximum absolute atomic E-state index is 14.5. The largest absolute Gasteiger partial charge is 0.456 e. The van der Waals surface area contributed by atoms with Crippen molar-refractivity contribution < 1.29 is 23.4 Å². The fourth-order valence-electron chi connectivity index (χ4n) is 5.01. The van der Waals surface area contributed by atoms with E-state index in [2.05, 4.69) is 10.4 Å². The Hall–Kier alpha value is -3.01. The van der Waals surface area contributed by atoms with Crippen molar-refractivity contribution in [1.29, 1.82) is 0 Å². The summed E-state index contributed by atoms with van der Waals surface area (Å²) in [5.41, 5.74) is 3.32. The highest BCUT2D eigenvalue weighted by atomic mass is 19.1. The lowest BCUT2D eigenvalue weighted by Crippen LogP contribution is -2.46. The molecule has 2 aliphatic heterocycles. The van der Waals surface area contributed by atoms with Gasteiger partial charge in [-0.25, -0.2) is 8.78 Å². The fourth-order valence-corrected chi connectivity index (χ4v) is 5.01. The third-order valence-corrected chi connectivity index (χ3v) is 6.91. The number of fused-ring (bicyclic) bond motifs is 1. The van der Waals surface area contributed by atoms with Crippen molar-refractivity contribution >= 4 is 5.69 Å². The third-order valence-electron chi connectivity index (χ3n) is 6.91. The highest BCUT2D eigenvalue weighted by Gasteiger charge is 2.32. The summed E-state index contributed by atoms with van der Waals surface area (Å²) in [6.07, 6.45) is 3.64. The first-order valence-corrected chi connectivity index (χ1v) is 11.9. The molecule has 2 aromatic carbocycles. The van der Waals surface area contributed by atoms with Crippen molar-refractivity contribution in [2.24, 2.45) is 0 Å². The molecule has 1 fully saturated rings. The molecule has 3 heterocycles. The second kappa shape index (κ2) is 9.93. The van der Waals surface area contributed by atoms with Crippen LogP contribution in [0.3, 0.4) is 0 Å². The van der Waals surface area contributed by atoms with E-state index >= 15 is 0 Å². The summed E-state index contributed by atoms with van der Waals surface area (Å²) in [5, 5.41) is 18.1. The van der Waals surface area contributed by atoms with Crippen molar-refractivity contribution in [1.82, 2.24) is 15.1 Å². The van der Waals surface area contributed by atoms with Crippen LogP contribution in [-0.2, 0) is 11.2 Å². The molecule has 0 bridgehead atoms. The van der Waals surface area contributed by atoms with Crippen LogP contribution in [0, 0.1) is 5.82 Å². The molecule has 2 N–H and O–H groups in total. The number of alkyl halides is 1. The molecule has 0 aliphatic carbocycles. The van der Waals surface area contributed by atoms with Gasteiger partial charge in [-0.05, 0) is 69.1 Å². The average Bonchev–Trinajstić information content (AvgIpc) is 3.35. The van der Waals surface area contributed by atoms with E-state index in [9.17, 15) is 13.9 Å². The molecule has 1 saturated heterocycles. The zero-order valence-electron chi connectivity index (χ0n) is 19.8. The number of aromatic nitrogens is 2. The van der Waals surface area contributed by atoms with E-state index in [0.29, 0.717) is 24.5 Å². The van der Waals surface area contributed by atoms with Gasteiger partial charge in [0.15, 0.2) is 0 Å². The Morgan fingerprint density at radius 1 is 1.17 bits per heavy atom. The lowest BCUT2D eigenvalue weighted by Gasteiger charge is -2.40. The number of nitrogens with one attached hydrogen (secondary N) is 1. The number of halogens is 2. The number of hydrogen-bond donors (Lipinski definition) is 2. The molecule has 0 saturated carbocycles. The third kappa shape index (κ3) is 4.63. The molecular formula is C26H30F2N4O3. The van der Waals surface area contributed by atoms with Gasteiger partial charge in [-0.2, -0.15) is 5.10 Å². The molecule has 0 radical (unpaired) electrons. The van der Waals surface area contributed by atoms with E-state index in [0.717, 1.165) is 41.8 Å². The van der Waals surface area contributed by atoms with Gasteiger partial charge in [-0.15, -0.1) is 0 Å². The molecule has 2 aliphatic rings. The molecule has 9 heteroatoms. The molecule has 3 aromatic rings. The number of piperidine rings is 1. The number of aliphatic hydroxyl groups is 1. The van der Waals surface area contributed by atoms with Gasteiger partial charge in [-0.1, -0.05) is 0 Å². The smallest absolute Gasteiger partial charge is 0.237 e. The lowest BCUT2D eigenvalue weighted by atomic mass is 9.92. The molecule has 5 rings (SSSR count). The van der Waals surface area contributed by atoms with Crippen molar-refractivity contribution in [3.05, 3.63) is 60.2 Å². The maximum Gasteiger partial charge on any atom is 0.237 e. The summed E-state index contributed by atoms with van der Waals surface area (Å²) in [6, 6.07) is 9.47. The standard InChI is InChI=1S/C26H30F2N4O3/c1-16-3-8-21-23(32(16)26(33)34-2)10-9-20(25(21)35-19-6-4-18(27)5-7-19)17-13-30-31(15-17)24-11-12-29-14-22(24)28/h4-7,9-10,13,15-16,22,24,26,29,33H,3,8,11-12,14H2,1-2H3/t16-,22-,24-,26?/m0/s1. The minimum atomic E-state index is -1.10. The van der Waals surface area contributed by atoms with Gasteiger partial charge < -0.3 is 24.8 Å². The average molecular weight is 485 g/mol. The van der Waals surface area contributed by atoms with Crippen LogP contribution in [0.1, 0.15) is 31.4 Å². The van der Waals surface area contributed by atoms with Crippen LogP contribution in [0.2, 0.25) is 0 Å². The first-order chi connectivity index (χ1) is 17.0. The van der Waals surface area contributed by atoms with E-state index in [4.69, 9.17) is 9.47 Å². The summed E-state index contributed by atoms with van der Waals surface area (Å²) in [4.78, 5) is 1.83. The van der Waals surface area contributed by atoms with Crippen molar-refractivity contribution in [3.8, 4) is 22.6 Å². The zero-order chi connectivity index (χ0) is 24.5. The number of rotatable bonds is 6. The predicted molar refractivity (Wildman–Crippen MR) is 129 cm³/mol. The number of hydrogen-bond acceptors (Lipinski definition) is 6. The Morgan fingerprint density at radius 3 is 2.71 bits per heavy atom. The SMILES string of the molecule is COC(O)N1c2ccc(-c3cnn([C@H]4CCNC[C@@H]4F)c3)c(Oc3ccc(F)cc3)c2CC[C@@H]1C. The van der Waals surface area contributed by atoms with Crippen molar-refractivity contribution in [3.63, 3.8) is 0 Å². The second-order valence-electron chi connectivity index (χ2n) is 9.14. The molecule has 186 valence electrons. The van der Waals surface area contributed by atoms with Crippen LogP contribution < -0.4 is 15.0 Å². The van der Waals surface area contributed by atoms with Gasteiger partial charge >= 0.3 is 0 Å². The molecular weight excluding hydrogens is 454 g/mol. The number of ether oxygens (including phenoxy) is 2. The number of anilines is 1. The van der Waals surface area contributed by atoms with Crippen LogP contribution >= 0.6 is 0 Å². The Morgan fingerprint density at radius 2 is 1.97 bits per heavy atom. The van der Waals surface area contributed by atoms with Gasteiger partial charge in [0.2, 0.25) is 6.41 Å². The normalized spacial score (nSPS) is 23.1. The monoisotopic (exact) mass is 484 g/mol. The van der Waals surface area contributed by atoms with E-state index in [1.807, 2.05) is 30.2 Å². The summed E-state index contributed by atoms with van der Waals surface area (Å²) in [5.74, 6) is 0.754. The van der Waals surface area contributed by atoms with Gasteiger partial charge in [-0.3, -0.25) is 4.68 Å². The molecule has 4 atom stereocenters. The lowest BCUT2D eigenvalue weighted by molar-refractivity contribution is -0.0795. The van der Waals surface area contributed by atoms with Crippen molar-refractivity contribution in [2.75, 3.05) is 25.1 Å². The minimum Gasteiger partial charge on any atom is -0.456 e. The molecule has 7 nitrogen and oxygen atoms in total. The van der Waals surface area contributed by atoms with E-state index in [-0.39, 0.29) is 17.9 Å². The molecule has 1 unspecified atom stereocenters. The number of methoxy groups -OCH3 is 1. The first-order valence-electron chi connectivity index (χ1n) is 11.9. The van der Waals surface area contributed by atoms with Crippen LogP contribution in [-0.4, -0.2) is 53.7 Å². The van der Waals surface area contributed by atoms with Gasteiger partial charge in [0.25, 0.3) is 0 Å². The Balaban J connectivity index is 1.59. The topological polar surface area (TPSA) is 71.8 Å². The van der Waals surface area contributed by atoms with Crippen LogP contribution in [0.5, 0.6) is 11.5 Å². The van der Waals surface area contributed by atoms with Crippen LogP contribution in [0.15, 0.2) is 48.8 Å². The second-order valence-corrected chi connectivity index (χ2v) is 9.14. The summed E-state index contributed by atoms with van der Waals surface area (Å²) >= 11 is 0. The van der Waals surface area contributed by atoms with Crippen LogP contribution in [0.4, 0.5) is 14.5 Å². The number of benzene rings is 2. The summed E-state index contributed by atoms with van der Waals surface area (Å²) < 4.78 is 41.3. The first kappa shape index (κ1) is 23.7. The quantitative estimate of drug-likeness (QED) is 0.505. The van der Waals surface area contributed by atoms with E-state index < -0.39 is 12.6 Å². The van der Waals surface area contributed by atoms with E-state index in [1.165, 1.54) is 19.2 Å². The molecule has 1 aromatic heterocycles. The Labute approximate surface area is 203 Å².